The number of benzene rings is 3. The Labute approximate surface area is 139 Å². The second-order valence-electron chi connectivity index (χ2n) is 5.63. The third kappa shape index (κ3) is 2.36. The van der Waals surface area contributed by atoms with Crippen molar-refractivity contribution in [3.8, 4) is 11.1 Å². The summed E-state index contributed by atoms with van der Waals surface area (Å²) >= 11 is 0. The molecular weight excluding hydrogens is 302 g/mol. The molecule has 0 aromatic heterocycles. The van der Waals surface area contributed by atoms with Gasteiger partial charge in [-0.2, -0.15) is 0 Å². The van der Waals surface area contributed by atoms with E-state index in [-0.39, 0.29) is 17.0 Å². The molecule has 0 heterocycles. The highest BCUT2D eigenvalue weighted by Crippen LogP contribution is 2.37. The van der Waals surface area contributed by atoms with Crippen molar-refractivity contribution in [1.82, 2.24) is 0 Å². The van der Waals surface area contributed by atoms with Crippen LogP contribution in [-0.4, -0.2) is 16.9 Å². The van der Waals surface area contributed by atoms with Crippen molar-refractivity contribution in [2.45, 2.75) is 6.92 Å². The first kappa shape index (κ1) is 15.6. The van der Waals surface area contributed by atoms with E-state index in [1.807, 2.05) is 42.5 Å². The first-order valence-corrected chi connectivity index (χ1v) is 7.40. The Hall–Kier alpha value is -3.34. The van der Waals surface area contributed by atoms with Gasteiger partial charge in [-0.05, 0) is 34.9 Å². The van der Waals surface area contributed by atoms with Crippen LogP contribution in [0.5, 0.6) is 0 Å². The quantitative estimate of drug-likeness (QED) is 0.336. The maximum absolute atomic E-state index is 11.9. The molecule has 0 atom stereocenters. The molecule has 0 aliphatic rings. The van der Waals surface area contributed by atoms with Gasteiger partial charge in [-0.15, -0.1) is 0 Å². The van der Waals surface area contributed by atoms with Gasteiger partial charge in [0.25, 0.3) is 0 Å². The number of carbonyl (C=O) groups is 1. The van der Waals surface area contributed by atoms with Crippen LogP contribution in [0.25, 0.3) is 21.9 Å². The number of amidine groups is 1. The fourth-order valence-electron chi connectivity index (χ4n) is 3.02. The zero-order chi connectivity index (χ0) is 17.4. The summed E-state index contributed by atoms with van der Waals surface area (Å²) in [5.74, 6) is -1.45. The van der Waals surface area contributed by atoms with Crippen LogP contribution >= 0.6 is 0 Å². The van der Waals surface area contributed by atoms with Gasteiger partial charge in [0, 0.05) is 16.8 Å². The molecule has 0 saturated carbocycles. The molecule has 6 N–H and O–H groups in total. The number of hydrogen-bond donors (Lipinski definition) is 4. The number of anilines is 1. The molecule has 0 aliphatic carbocycles. The van der Waals surface area contributed by atoms with E-state index in [2.05, 4.69) is 0 Å². The van der Waals surface area contributed by atoms with Gasteiger partial charge in [0.1, 0.15) is 5.84 Å². The molecule has 0 bridgehead atoms. The maximum atomic E-state index is 11.9. The number of carboxylic acid groups (broad SMARTS) is 1. The Morgan fingerprint density at radius 3 is 2.46 bits per heavy atom. The molecule has 0 fully saturated rings. The minimum Gasteiger partial charge on any atom is -0.478 e. The van der Waals surface area contributed by atoms with Crippen molar-refractivity contribution in [2.24, 2.45) is 5.73 Å². The van der Waals surface area contributed by atoms with E-state index in [4.69, 9.17) is 16.9 Å². The van der Waals surface area contributed by atoms with Crippen molar-refractivity contribution in [3.63, 3.8) is 0 Å². The van der Waals surface area contributed by atoms with Gasteiger partial charge in [-0.3, -0.25) is 5.41 Å². The van der Waals surface area contributed by atoms with E-state index in [0.29, 0.717) is 16.8 Å². The molecule has 3 aromatic carbocycles. The fraction of sp³-hybridized carbons (Fsp3) is 0.0526. The van der Waals surface area contributed by atoms with E-state index in [0.717, 1.165) is 16.3 Å². The molecule has 5 nitrogen and oxygen atoms in total. The first-order valence-electron chi connectivity index (χ1n) is 7.40. The van der Waals surface area contributed by atoms with Crippen LogP contribution in [0.15, 0.2) is 48.5 Å². The molecular formula is C19H17N3O2. The Bertz CT molecular complexity index is 988. The number of carboxylic acids is 1. The van der Waals surface area contributed by atoms with Crippen LogP contribution in [-0.2, 0) is 0 Å². The van der Waals surface area contributed by atoms with Gasteiger partial charge in [0.2, 0.25) is 0 Å². The predicted octanol–water partition coefficient (Wildman–Crippen LogP) is 3.38. The number of nitrogens with one attached hydrogen (secondary N) is 1. The smallest absolute Gasteiger partial charge is 0.337 e. The van der Waals surface area contributed by atoms with Gasteiger partial charge in [0.15, 0.2) is 0 Å². The largest absolute Gasteiger partial charge is 0.478 e. The lowest BCUT2D eigenvalue weighted by atomic mass is 9.87. The first-order chi connectivity index (χ1) is 11.4. The number of nitrogen functional groups attached to an aromatic ring is 2. The van der Waals surface area contributed by atoms with Gasteiger partial charge < -0.3 is 16.6 Å². The number of nitrogens with two attached hydrogens (primary N) is 2. The van der Waals surface area contributed by atoms with Crippen molar-refractivity contribution < 1.29 is 9.90 Å². The second kappa shape index (κ2) is 5.70. The molecule has 0 unspecified atom stereocenters. The average molecular weight is 319 g/mol. The highest BCUT2D eigenvalue weighted by Gasteiger charge is 2.23. The van der Waals surface area contributed by atoms with Crippen LogP contribution in [0.3, 0.4) is 0 Å². The number of aromatic carboxylic acids is 1. The highest BCUT2D eigenvalue weighted by atomic mass is 16.4. The Morgan fingerprint density at radius 2 is 1.79 bits per heavy atom. The van der Waals surface area contributed by atoms with Crippen molar-refractivity contribution >= 4 is 28.3 Å². The maximum Gasteiger partial charge on any atom is 0.337 e. The molecule has 0 amide bonds. The van der Waals surface area contributed by atoms with Crippen molar-refractivity contribution in [1.29, 1.82) is 5.41 Å². The van der Waals surface area contributed by atoms with Crippen LogP contribution in [0.1, 0.15) is 21.5 Å². The van der Waals surface area contributed by atoms with Crippen molar-refractivity contribution in [3.05, 3.63) is 65.2 Å². The lowest BCUT2D eigenvalue weighted by Gasteiger charge is -2.18. The zero-order valence-electron chi connectivity index (χ0n) is 13.1. The summed E-state index contributed by atoms with van der Waals surface area (Å²) in [6.07, 6.45) is 0. The highest BCUT2D eigenvalue weighted by molar-refractivity contribution is 6.13. The van der Waals surface area contributed by atoms with Crippen LogP contribution in [0.4, 0.5) is 5.69 Å². The van der Waals surface area contributed by atoms with Gasteiger partial charge in [0.05, 0.1) is 5.56 Å². The van der Waals surface area contributed by atoms with E-state index in [1.165, 1.54) is 6.07 Å². The van der Waals surface area contributed by atoms with Crippen LogP contribution in [0.2, 0.25) is 0 Å². The lowest BCUT2D eigenvalue weighted by Crippen LogP contribution is -2.19. The molecule has 0 aliphatic heterocycles. The summed E-state index contributed by atoms with van der Waals surface area (Å²) in [6, 6.07) is 14.9. The summed E-state index contributed by atoms with van der Waals surface area (Å²) in [5.41, 5.74) is 14.1. The number of rotatable bonds is 3. The topological polar surface area (TPSA) is 113 Å². The van der Waals surface area contributed by atoms with Crippen LogP contribution in [0, 0.1) is 12.3 Å². The Balaban J connectivity index is 2.51. The van der Waals surface area contributed by atoms with Gasteiger partial charge in [-0.25, -0.2) is 4.79 Å². The summed E-state index contributed by atoms with van der Waals surface area (Å²) in [4.78, 5) is 11.9. The summed E-state index contributed by atoms with van der Waals surface area (Å²) in [5, 5.41) is 19.4. The molecule has 0 spiro atoms. The van der Waals surface area contributed by atoms with E-state index in [9.17, 15) is 9.90 Å². The molecule has 0 radical (unpaired) electrons. The zero-order valence-corrected chi connectivity index (χ0v) is 13.1. The number of fused-ring (bicyclic) bond motifs is 1. The van der Waals surface area contributed by atoms with Crippen LogP contribution < -0.4 is 11.5 Å². The Kier molecular flexibility index (Phi) is 3.69. The average Bonchev–Trinajstić information content (AvgIpc) is 2.56. The minimum atomic E-state index is -1.13. The molecule has 5 heteroatoms. The lowest BCUT2D eigenvalue weighted by molar-refractivity contribution is 0.0697. The summed E-state index contributed by atoms with van der Waals surface area (Å²) < 4.78 is 0. The van der Waals surface area contributed by atoms with Gasteiger partial charge in [-0.1, -0.05) is 42.5 Å². The molecule has 3 rings (SSSR count). The predicted molar refractivity (Wildman–Crippen MR) is 96.5 cm³/mol. The third-order valence-electron chi connectivity index (χ3n) is 4.19. The SMILES string of the molecule is Cc1c(N)cc(C(=N)N)c(C(=O)O)c1-c1cccc2ccccc12. The summed E-state index contributed by atoms with van der Waals surface area (Å²) in [6.45, 7) is 1.78. The van der Waals surface area contributed by atoms with Crippen molar-refractivity contribution in [2.75, 3.05) is 5.73 Å². The molecule has 3 aromatic rings. The third-order valence-corrected chi connectivity index (χ3v) is 4.19. The molecule has 120 valence electrons. The van der Waals surface area contributed by atoms with E-state index < -0.39 is 5.97 Å². The van der Waals surface area contributed by atoms with E-state index >= 15 is 0 Å². The monoisotopic (exact) mass is 319 g/mol. The Morgan fingerprint density at radius 1 is 1.12 bits per heavy atom. The second-order valence-corrected chi connectivity index (χ2v) is 5.63. The fourth-order valence-corrected chi connectivity index (χ4v) is 3.02. The minimum absolute atomic E-state index is 0.00514. The summed E-state index contributed by atoms with van der Waals surface area (Å²) in [7, 11) is 0. The normalized spacial score (nSPS) is 10.7. The van der Waals surface area contributed by atoms with E-state index in [1.54, 1.807) is 6.92 Å². The molecule has 0 saturated heterocycles. The molecule has 24 heavy (non-hydrogen) atoms. The number of hydrogen-bond acceptors (Lipinski definition) is 3. The standard InChI is InChI=1S/C19H17N3O2/c1-10-15(20)9-14(18(21)22)17(19(23)24)16(10)13-8-4-6-11-5-2-3-7-12(11)13/h2-9H,20H2,1H3,(H3,21,22)(H,23,24). The van der Waals surface area contributed by atoms with Gasteiger partial charge >= 0.3 is 5.97 Å².